The molecule has 124 valence electrons. The molecule has 0 unspecified atom stereocenters. The van der Waals surface area contributed by atoms with Crippen molar-refractivity contribution in [2.75, 3.05) is 20.2 Å². The number of carboxylic acid groups (broad SMARTS) is 1. The van der Waals surface area contributed by atoms with Gasteiger partial charge in [-0.15, -0.1) is 0 Å². The van der Waals surface area contributed by atoms with E-state index in [1.165, 1.54) is 7.05 Å². The van der Waals surface area contributed by atoms with E-state index in [-0.39, 0.29) is 13.2 Å². The average Bonchev–Trinajstić information content (AvgIpc) is 2.97. The number of aromatic nitrogens is 2. The lowest BCUT2D eigenvalue weighted by molar-refractivity contribution is 0.0692. The van der Waals surface area contributed by atoms with Gasteiger partial charge in [0.25, 0.3) is 10.0 Å². The second-order valence-electron chi connectivity index (χ2n) is 4.91. The first-order valence-corrected chi connectivity index (χ1v) is 8.19. The van der Waals surface area contributed by atoms with Crippen LogP contribution in [-0.4, -0.2) is 54.2 Å². The van der Waals surface area contributed by atoms with Crippen LogP contribution in [0.5, 0.6) is 5.75 Å². The van der Waals surface area contributed by atoms with Crippen LogP contribution < -0.4 is 4.74 Å². The summed E-state index contributed by atoms with van der Waals surface area (Å²) in [6.07, 6.45) is 0.965. The molecule has 9 heteroatoms. The summed E-state index contributed by atoms with van der Waals surface area (Å²) >= 11 is 0. The lowest BCUT2D eigenvalue weighted by Crippen LogP contribution is -2.32. The number of carbonyl (C=O) groups is 1. The second kappa shape index (κ2) is 6.80. The molecule has 0 spiro atoms. The molecule has 8 nitrogen and oxygen atoms in total. The minimum atomic E-state index is -3.98. The Kier molecular flexibility index (Phi) is 5.02. The molecule has 1 heterocycles. The predicted molar refractivity (Wildman–Crippen MR) is 82.0 cm³/mol. The fourth-order valence-electron chi connectivity index (χ4n) is 1.90. The molecule has 0 aliphatic rings. The second-order valence-corrected chi connectivity index (χ2v) is 6.89. The third-order valence-corrected chi connectivity index (χ3v) is 5.00. The predicted octanol–water partition coefficient (Wildman–Crippen LogP) is 1.12. The van der Waals surface area contributed by atoms with Gasteiger partial charge < -0.3 is 9.84 Å². The number of carboxylic acids is 1. The van der Waals surface area contributed by atoms with Gasteiger partial charge in [0.05, 0.1) is 6.20 Å². The van der Waals surface area contributed by atoms with Gasteiger partial charge in [0, 0.05) is 13.6 Å². The number of aromatic amines is 1. The molecule has 0 saturated heterocycles. The highest BCUT2D eigenvalue weighted by molar-refractivity contribution is 7.89. The Hall–Kier alpha value is -2.39. The lowest BCUT2D eigenvalue weighted by atomic mass is 10.2. The van der Waals surface area contributed by atoms with Gasteiger partial charge in [0.1, 0.15) is 17.9 Å². The number of aryl methyl sites for hydroxylation is 1. The average molecular weight is 339 g/mol. The Morgan fingerprint density at radius 1 is 1.43 bits per heavy atom. The number of ether oxygens (including phenoxy) is 1. The number of aromatic carboxylic acids is 1. The first-order chi connectivity index (χ1) is 10.8. The van der Waals surface area contributed by atoms with Crippen molar-refractivity contribution in [2.45, 2.75) is 11.9 Å². The molecule has 1 aromatic heterocycles. The zero-order valence-electron chi connectivity index (χ0n) is 12.7. The largest absolute Gasteiger partial charge is 0.492 e. The van der Waals surface area contributed by atoms with Gasteiger partial charge in [0.2, 0.25) is 0 Å². The zero-order chi connectivity index (χ0) is 17.0. The van der Waals surface area contributed by atoms with Crippen LogP contribution in [0.1, 0.15) is 15.9 Å². The fourth-order valence-corrected chi connectivity index (χ4v) is 3.11. The molecule has 2 aromatic rings. The van der Waals surface area contributed by atoms with Crippen molar-refractivity contribution >= 4 is 16.0 Å². The van der Waals surface area contributed by atoms with Crippen molar-refractivity contribution in [2.24, 2.45) is 0 Å². The number of hydrogen-bond acceptors (Lipinski definition) is 5. The van der Waals surface area contributed by atoms with Gasteiger partial charge in [-0.2, -0.15) is 9.40 Å². The quantitative estimate of drug-likeness (QED) is 0.781. The molecule has 0 amide bonds. The maximum atomic E-state index is 12.4. The smallest absolute Gasteiger partial charge is 0.340 e. The summed E-state index contributed by atoms with van der Waals surface area (Å²) in [6, 6.07) is 7.38. The Labute approximate surface area is 133 Å². The molecule has 0 bridgehead atoms. The number of rotatable bonds is 7. The lowest BCUT2D eigenvalue weighted by Gasteiger charge is -2.17. The first-order valence-electron chi connectivity index (χ1n) is 6.75. The monoisotopic (exact) mass is 339 g/mol. The number of sulfonamides is 1. The maximum Gasteiger partial charge on any atom is 0.340 e. The number of benzene rings is 1. The summed E-state index contributed by atoms with van der Waals surface area (Å²) in [6.45, 7) is 2.12. The first kappa shape index (κ1) is 17.0. The van der Waals surface area contributed by atoms with Crippen LogP contribution in [0.15, 0.2) is 35.5 Å². The van der Waals surface area contributed by atoms with E-state index in [1.54, 1.807) is 6.07 Å². The minimum Gasteiger partial charge on any atom is -0.492 e. The Morgan fingerprint density at radius 3 is 2.83 bits per heavy atom. The van der Waals surface area contributed by atoms with Crippen molar-refractivity contribution in [1.82, 2.24) is 14.5 Å². The zero-order valence-corrected chi connectivity index (χ0v) is 13.5. The van der Waals surface area contributed by atoms with E-state index in [9.17, 15) is 13.2 Å². The highest BCUT2D eigenvalue weighted by atomic mass is 32.2. The number of hydrogen-bond donors (Lipinski definition) is 2. The summed E-state index contributed by atoms with van der Waals surface area (Å²) in [5.41, 5.74) is 0.642. The van der Waals surface area contributed by atoms with Crippen LogP contribution in [0, 0.1) is 6.92 Å². The molecule has 0 saturated carbocycles. The number of nitrogens with zero attached hydrogens (tertiary/aromatic N) is 2. The molecule has 2 rings (SSSR count). The molecule has 23 heavy (non-hydrogen) atoms. The maximum absolute atomic E-state index is 12.4. The van der Waals surface area contributed by atoms with Gasteiger partial charge in [0.15, 0.2) is 5.03 Å². The van der Waals surface area contributed by atoms with Crippen LogP contribution in [0.25, 0.3) is 0 Å². The summed E-state index contributed by atoms with van der Waals surface area (Å²) in [7, 11) is -2.63. The van der Waals surface area contributed by atoms with Crippen molar-refractivity contribution < 1.29 is 23.1 Å². The van der Waals surface area contributed by atoms with Crippen molar-refractivity contribution in [1.29, 1.82) is 0 Å². The van der Waals surface area contributed by atoms with Crippen LogP contribution in [0.2, 0.25) is 0 Å². The molecular weight excluding hydrogens is 322 g/mol. The third-order valence-electron chi connectivity index (χ3n) is 3.17. The Balaban J connectivity index is 2.03. The summed E-state index contributed by atoms with van der Waals surface area (Å²) in [5.74, 6) is -0.717. The van der Waals surface area contributed by atoms with E-state index in [0.29, 0.717) is 5.75 Å². The van der Waals surface area contributed by atoms with Gasteiger partial charge in [-0.05, 0) is 24.6 Å². The highest BCUT2D eigenvalue weighted by Gasteiger charge is 2.28. The van der Waals surface area contributed by atoms with Gasteiger partial charge in [-0.1, -0.05) is 12.1 Å². The van der Waals surface area contributed by atoms with E-state index in [4.69, 9.17) is 9.84 Å². The molecule has 0 aliphatic heterocycles. The normalized spacial score (nSPS) is 11.6. The van der Waals surface area contributed by atoms with Gasteiger partial charge in [-0.3, -0.25) is 5.10 Å². The van der Waals surface area contributed by atoms with E-state index in [2.05, 4.69) is 10.2 Å². The van der Waals surface area contributed by atoms with E-state index >= 15 is 0 Å². The van der Waals surface area contributed by atoms with E-state index in [0.717, 1.165) is 16.1 Å². The SMILES string of the molecule is Cc1cccc(OCCN(C)S(=O)(=O)c2[nH]ncc2C(=O)O)c1. The van der Waals surface area contributed by atoms with Crippen LogP contribution >= 0.6 is 0 Å². The van der Waals surface area contributed by atoms with Crippen LogP contribution in [-0.2, 0) is 10.0 Å². The van der Waals surface area contributed by atoms with Crippen LogP contribution in [0.4, 0.5) is 0 Å². The molecule has 1 aromatic carbocycles. The summed E-state index contributed by atoms with van der Waals surface area (Å²) in [5, 5.41) is 14.3. The minimum absolute atomic E-state index is 0.0638. The number of H-pyrrole nitrogens is 1. The summed E-state index contributed by atoms with van der Waals surface area (Å²) in [4.78, 5) is 11.0. The Morgan fingerprint density at radius 2 is 2.17 bits per heavy atom. The topological polar surface area (TPSA) is 113 Å². The number of nitrogens with one attached hydrogen (secondary N) is 1. The highest BCUT2D eigenvalue weighted by Crippen LogP contribution is 2.17. The fraction of sp³-hybridized carbons (Fsp3) is 0.286. The van der Waals surface area contributed by atoms with Crippen molar-refractivity contribution in [3.63, 3.8) is 0 Å². The third kappa shape index (κ3) is 3.88. The van der Waals surface area contributed by atoms with Crippen LogP contribution in [0.3, 0.4) is 0 Å². The van der Waals surface area contributed by atoms with Gasteiger partial charge >= 0.3 is 5.97 Å². The van der Waals surface area contributed by atoms with E-state index in [1.807, 2.05) is 25.1 Å². The molecule has 0 atom stereocenters. The van der Waals surface area contributed by atoms with E-state index < -0.39 is 26.6 Å². The Bertz CT molecular complexity index is 800. The molecule has 0 fully saturated rings. The van der Waals surface area contributed by atoms with Crippen molar-refractivity contribution in [3.8, 4) is 5.75 Å². The number of likely N-dealkylation sites (N-methyl/N-ethyl adjacent to an activating group) is 1. The molecule has 0 aliphatic carbocycles. The standard InChI is InChI=1S/C14H17N3O5S/c1-10-4-3-5-11(8-10)22-7-6-17(2)23(20,21)13-12(14(18)19)9-15-16-13/h3-5,8-9H,6-7H2,1-2H3,(H,15,16)(H,18,19). The molecule has 2 N–H and O–H groups in total. The molecular formula is C14H17N3O5S. The van der Waals surface area contributed by atoms with Gasteiger partial charge in [-0.25, -0.2) is 13.2 Å². The molecule has 0 radical (unpaired) electrons. The van der Waals surface area contributed by atoms with Crippen molar-refractivity contribution in [3.05, 3.63) is 41.6 Å². The summed E-state index contributed by atoms with van der Waals surface area (Å²) < 4.78 is 31.2.